The standard InChI is InChI=1S/C29H33Cl2N3O5S/c1-4-16-32-29(36)26(17-21-8-6-5-7-9-21)33(19-22-10-12-23(30)13-11-22)28(35)20-34(40(3,37)38)24-14-15-27(39-2)25(31)18-24/h5-15,18,26H,4,16-17,19-20H2,1-3H3,(H,32,36)/t26-/m1/s1. The lowest BCUT2D eigenvalue weighted by Crippen LogP contribution is -2.53. The number of carbonyl (C=O) groups is 2. The molecule has 0 heterocycles. The molecule has 0 fully saturated rings. The highest BCUT2D eigenvalue weighted by Gasteiger charge is 2.33. The van der Waals surface area contributed by atoms with Gasteiger partial charge in [-0.2, -0.15) is 0 Å². The van der Waals surface area contributed by atoms with Crippen LogP contribution in [-0.4, -0.2) is 57.6 Å². The molecule has 0 spiro atoms. The van der Waals surface area contributed by atoms with Crippen LogP contribution in [0.25, 0.3) is 0 Å². The van der Waals surface area contributed by atoms with Crippen LogP contribution in [0.3, 0.4) is 0 Å². The van der Waals surface area contributed by atoms with Gasteiger partial charge in [0.25, 0.3) is 0 Å². The number of nitrogens with zero attached hydrogens (tertiary/aromatic N) is 2. The number of halogens is 2. The lowest BCUT2D eigenvalue weighted by atomic mass is 10.0. The number of nitrogens with one attached hydrogen (secondary N) is 1. The number of benzene rings is 3. The van der Waals surface area contributed by atoms with Crippen LogP contribution in [-0.2, 0) is 32.6 Å². The van der Waals surface area contributed by atoms with E-state index in [0.29, 0.717) is 17.3 Å². The number of ether oxygens (including phenoxy) is 1. The third kappa shape index (κ3) is 8.61. The lowest BCUT2D eigenvalue weighted by Gasteiger charge is -2.33. The van der Waals surface area contributed by atoms with E-state index >= 15 is 0 Å². The average Bonchev–Trinajstić information content (AvgIpc) is 2.93. The van der Waals surface area contributed by atoms with Crippen LogP contribution in [0.15, 0.2) is 72.8 Å². The molecule has 11 heteroatoms. The van der Waals surface area contributed by atoms with E-state index in [2.05, 4.69) is 5.32 Å². The zero-order chi connectivity index (χ0) is 29.3. The number of sulfonamides is 1. The first-order valence-corrected chi connectivity index (χ1v) is 15.3. The number of hydrogen-bond acceptors (Lipinski definition) is 5. The van der Waals surface area contributed by atoms with Crippen molar-refractivity contribution in [1.29, 1.82) is 0 Å². The Bertz CT molecular complexity index is 1400. The van der Waals surface area contributed by atoms with Gasteiger partial charge in [0, 0.05) is 24.5 Å². The van der Waals surface area contributed by atoms with E-state index in [1.807, 2.05) is 37.3 Å². The summed E-state index contributed by atoms with van der Waals surface area (Å²) in [6, 6.07) is 19.9. The first-order chi connectivity index (χ1) is 19.0. The third-order valence-corrected chi connectivity index (χ3v) is 7.88. The summed E-state index contributed by atoms with van der Waals surface area (Å²) >= 11 is 12.3. The molecule has 0 aromatic heterocycles. The van der Waals surface area contributed by atoms with Crippen molar-refractivity contribution in [3.63, 3.8) is 0 Å². The van der Waals surface area contributed by atoms with Gasteiger partial charge in [0.2, 0.25) is 21.8 Å². The van der Waals surface area contributed by atoms with Crippen LogP contribution in [0.5, 0.6) is 5.75 Å². The second-order valence-corrected chi connectivity index (χ2v) is 12.0. The molecule has 0 radical (unpaired) electrons. The molecule has 0 saturated carbocycles. The number of methoxy groups -OCH3 is 1. The topological polar surface area (TPSA) is 96.0 Å². The number of anilines is 1. The molecule has 3 rings (SSSR count). The van der Waals surface area contributed by atoms with Crippen LogP contribution in [0.1, 0.15) is 24.5 Å². The summed E-state index contributed by atoms with van der Waals surface area (Å²) in [7, 11) is -2.46. The van der Waals surface area contributed by atoms with Crippen molar-refractivity contribution in [2.75, 3.05) is 30.8 Å². The minimum Gasteiger partial charge on any atom is -0.495 e. The van der Waals surface area contributed by atoms with E-state index in [9.17, 15) is 18.0 Å². The quantitative estimate of drug-likeness (QED) is 0.298. The third-order valence-electron chi connectivity index (χ3n) is 6.19. The number of amides is 2. The molecule has 2 amide bonds. The van der Waals surface area contributed by atoms with Gasteiger partial charge in [0.15, 0.2) is 0 Å². The van der Waals surface area contributed by atoms with Crippen molar-refractivity contribution in [2.45, 2.75) is 32.4 Å². The molecule has 0 saturated heterocycles. The van der Waals surface area contributed by atoms with Gasteiger partial charge in [0.1, 0.15) is 18.3 Å². The van der Waals surface area contributed by atoms with Crippen LogP contribution >= 0.6 is 23.2 Å². The van der Waals surface area contributed by atoms with Crippen molar-refractivity contribution < 1.29 is 22.7 Å². The van der Waals surface area contributed by atoms with E-state index in [-0.39, 0.29) is 29.6 Å². The smallest absolute Gasteiger partial charge is 0.244 e. The molecular formula is C29H33Cl2N3O5S. The average molecular weight is 607 g/mol. The highest BCUT2D eigenvalue weighted by molar-refractivity contribution is 7.92. The molecule has 0 aliphatic rings. The molecule has 1 N–H and O–H groups in total. The molecule has 214 valence electrons. The number of rotatable bonds is 13. The summed E-state index contributed by atoms with van der Waals surface area (Å²) in [5.74, 6) is -0.517. The van der Waals surface area contributed by atoms with E-state index in [1.54, 1.807) is 24.3 Å². The van der Waals surface area contributed by atoms with Gasteiger partial charge in [-0.1, -0.05) is 72.6 Å². The molecule has 1 atom stereocenters. The minimum atomic E-state index is -3.91. The monoisotopic (exact) mass is 605 g/mol. The van der Waals surface area contributed by atoms with Gasteiger partial charge >= 0.3 is 0 Å². The normalized spacial score (nSPS) is 11.9. The van der Waals surface area contributed by atoms with Crippen LogP contribution in [0, 0.1) is 0 Å². The maximum absolute atomic E-state index is 14.0. The molecule has 8 nitrogen and oxygen atoms in total. The van der Waals surface area contributed by atoms with Crippen LogP contribution in [0.2, 0.25) is 10.0 Å². The van der Waals surface area contributed by atoms with Gasteiger partial charge in [-0.25, -0.2) is 8.42 Å². The minimum absolute atomic E-state index is 0.0635. The predicted molar refractivity (Wildman–Crippen MR) is 159 cm³/mol. The van der Waals surface area contributed by atoms with E-state index in [4.69, 9.17) is 27.9 Å². The van der Waals surface area contributed by atoms with Gasteiger partial charge < -0.3 is 15.0 Å². The fraction of sp³-hybridized carbons (Fsp3) is 0.310. The summed E-state index contributed by atoms with van der Waals surface area (Å²) in [5.41, 5.74) is 1.79. The maximum Gasteiger partial charge on any atom is 0.244 e. The highest BCUT2D eigenvalue weighted by atomic mass is 35.5. The Morgan fingerprint density at radius 3 is 2.23 bits per heavy atom. The first kappa shape index (κ1) is 31.3. The zero-order valence-electron chi connectivity index (χ0n) is 22.6. The zero-order valence-corrected chi connectivity index (χ0v) is 25.0. The molecule has 3 aromatic rings. The van der Waals surface area contributed by atoms with Gasteiger partial charge in [0.05, 0.1) is 24.1 Å². The van der Waals surface area contributed by atoms with E-state index in [1.165, 1.54) is 30.2 Å². The summed E-state index contributed by atoms with van der Waals surface area (Å²) in [6.07, 6.45) is 1.97. The molecular weight excluding hydrogens is 573 g/mol. The molecule has 0 unspecified atom stereocenters. The molecule has 3 aromatic carbocycles. The Morgan fingerprint density at radius 1 is 0.975 bits per heavy atom. The van der Waals surface area contributed by atoms with E-state index in [0.717, 1.165) is 28.1 Å². The Hall–Kier alpha value is -3.27. The fourth-order valence-electron chi connectivity index (χ4n) is 4.13. The molecule has 0 aliphatic carbocycles. The van der Waals surface area contributed by atoms with Crippen molar-refractivity contribution in [1.82, 2.24) is 10.2 Å². The van der Waals surface area contributed by atoms with E-state index < -0.39 is 28.5 Å². The Balaban J connectivity index is 2.04. The fourth-order valence-corrected chi connectivity index (χ4v) is 5.35. The Morgan fingerprint density at radius 2 is 1.65 bits per heavy atom. The second kappa shape index (κ2) is 14.4. The largest absolute Gasteiger partial charge is 0.495 e. The maximum atomic E-state index is 14.0. The van der Waals surface area contributed by atoms with Crippen LogP contribution < -0.4 is 14.4 Å². The summed E-state index contributed by atoms with van der Waals surface area (Å²) in [4.78, 5) is 28.9. The summed E-state index contributed by atoms with van der Waals surface area (Å²) < 4.78 is 31.9. The summed E-state index contributed by atoms with van der Waals surface area (Å²) in [5, 5.41) is 3.63. The van der Waals surface area contributed by atoms with Gasteiger partial charge in [-0.15, -0.1) is 0 Å². The van der Waals surface area contributed by atoms with Crippen LogP contribution in [0.4, 0.5) is 5.69 Å². The highest BCUT2D eigenvalue weighted by Crippen LogP contribution is 2.30. The van der Waals surface area contributed by atoms with Crippen molar-refractivity contribution in [3.05, 3.63) is 94.0 Å². The number of hydrogen-bond donors (Lipinski definition) is 1. The second-order valence-electron chi connectivity index (χ2n) is 9.23. The Kier molecular flexibility index (Phi) is 11.2. The van der Waals surface area contributed by atoms with Crippen molar-refractivity contribution in [2.24, 2.45) is 0 Å². The van der Waals surface area contributed by atoms with Gasteiger partial charge in [-0.3, -0.25) is 13.9 Å². The number of carbonyl (C=O) groups excluding carboxylic acids is 2. The predicted octanol–water partition coefficient (Wildman–Crippen LogP) is 4.93. The Labute approximate surface area is 245 Å². The van der Waals surface area contributed by atoms with Crippen molar-refractivity contribution >= 4 is 50.7 Å². The summed E-state index contributed by atoms with van der Waals surface area (Å²) in [6.45, 7) is 1.90. The van der Waals surface area contributed by atoms with Crippen molar-refractivity contribution in [3.8, 4) is 5.75 Å². The lowest BCUT2D eigenvalue weighted by molar-refractivity contribution is -0.140. The molecule has 40 heavy (non-hydrogen) atoms. The molecule has 0 bridgehead atoms. The SMILES string of the molecule is CCCNC(=O)[C@@H](Cc1ccccc1)N(Cc1ccc(Cl)cc1)C(=O)CN(c1ccc(OC)c(Cl)c1)S(C)(=O)=O. The first-order valence-electron chi connectivity index (χ1n) is 12.7. The molecule has 0 aliphatic heterocycles. The van der Waals surface area contributed by atoms with Gasteiger partial charge in [-0.05, 0) is 47.9 Å².